The van der Waals surface area contributed by atoms with Gasteiger partial charge in [-0.3, -0.25) is 4.79 Å². The van der Waals surface area contributed by atoms with Crippen molar-refractivity contribution in [2.75, 3.05) is 12.3 Å². The molecule has 1 saturated carbocycles. The molecular weight excluding hydrogens is 322 g/mol. The van der Waals surface area contributed by atoms with Crippen LogP contribution in [0.3, 0.4) is 0 Å². The molecule has 1 aliphatic rings. The third kappa shape index (κ3) is 3.88. The smallest absolute Gasteiger partial charge is 0.253 e. The van der Waals surface area contributed by atoms with Crippen LogP contribution in [0.5, 0.6) is 0 Å². The van der Waals surface area contributed by atoms with E-state index < -0.39 is 0 Å². The molecule has 130 valence electrons. The van der Waals surface area contributed by atoms with Crippen molar-refractivity contribution in [2.24, 2.45) is 5.92 Å². The number of aryl methyl sites for hydroxylation is 2. The van der Waals surface area contributed by atoms with Gasteiger partial charge in [0.2, 0.25) is 11.1 Å². The van der Waals surface area contributed by atoms with Crippen molar-refractivity contribution in [1.82, 2.24) is 24.9 Å². The van der Waals surface area contributed by atoms with Gasteiger partial charge >= 0.3 is 0 Å². The zero-order chi connectivity index (χ0) is 17.1. The molecule has 0 bridgehead atoms. The van der Waals surface area contributed by atoms with Crippen molar-refractivity contribution < 1.29 is 4.79 Å². The van der Waals surface area contributed by atoms with Gasteiger partial charge in [-0.1, -0.05) is 31.0 Å². The molecule has 1 N–H and O–H groups in total. The lowest BCUT2D eigenvalue weighted by Crippen LogP contribution is -2.31. The second kappa shape index (κ2) is 7.51. The predicted octanol–water partition coefficient (Wildman–Crippen LogP) is 2.84. The van der Waals surface area contributed by atoms with Crippen molar-refractivity contribution >= 4 is 23.4 Å². The molecule has 1 amide bonds. The number of aromatic nitrogens is 4. The summed E-state index contributed by atoms with van der Waals surface area (Å²) in [7, 11) is 0. The lowest BCUT2D eigenvalue weighted by molar-refractivity contribution is -0.118. The molecule has 0 unspecified atom stereocenters. The zero-order valence-electron chi connectivity index (χ0n) is 14.6. The number of carbonyl (C=O) groups is 1. The number of fused-ring (bicyclic) bond motifs is 1. The van der Waals surface area contributed by atoms with Crippen LogP contribution in [0.15, 0.2) is 5.16 Å². The summed E-state index contributed by atoms with van der Waals surface area (Å²) in [5.74, 6) is 1.65. The maximum Gasteiger partial charge on any atom is 0.253 e. The highest BCUT2D eigenvalue weighted by atomic mass is 32.2. The fraction of sp³-hybridized carbons (Fsp3) is 0.647. The molecule has 2 heterocycles. The third-order valence-electron chi connectivity index (χ3n) is 4.89. The number of nitrogens with zero attached hydrogens (tertiary/aromatic N) is 4. The molecule has 2 aromatic heterocycles. The van der Waals surface area contributed by atoms with Crippen molar-refractivity contribution in [3.63, 3.8) is 0 Å². The maximum atomic E-state index is 12.0. The van der Waals surface area contributed by atoms with E-state index in [2.05, 4.69) is 20.4 Å². The van der Waals surface area contributed by atoms with Gasteiger partial charge in [0, 0.05) is 17.9 Å². The van der Waals surface area contributed by atoms with E-state index in [-0.39, 0.29) is 5.91 Å². The van der Waals surface area contributed by atoms with E-state index in [1.165, 1.54) is 43.9 Å². The first kappa shape index (κ1) is 17.2. The molecule has 7 heteroatoms. The summed E-state index contributed by atoms with van der Waals surface area (Å²) in [6.45, 7) is 6.82. The number of amides is 1. The summed E-state index contributed by atoms with van der Waals surface area (Å²) >= 11 is 1.37. The number of thioether (sulfide) groups is 1. The van der Waals surface area contributed by atoms with Gasteiger partial charge in [-0.15, -0.1) is 5.10 Å². The normalized spacial score (nSPS) is 15.8. The number of hydrogen-bond donors (Lipinski definition) is 1. The number of nitrogens with one attached hydrogen (secondary N) is 1. The fourth-order valence-corrected chi connectivity index (χ4v) is 3.78. The van der Waals surface area contributed by atoms with Gasteiger partial charge in [0.15, 0.2) is 0 Å². The Bertz CT molecular complexity index is 736. The third-order valence-corrected chi connectivity index (χ3v) is 5.72. The van der Waals surface area contributed by atoms with Gasteiger partial charge in [-0.05, 0) is 45.1 Å². The zero-order valence-corrected chi connectivity index (χ0v) is 15.4. The summed E-state index contributed by atoms with van der Waals surface area (Å²) in [6, 6.07) is 0. The van der Waals surface area contributed by atoms with Crippen LogP contribution in [0, 0.1) is 26.7 Å². The molecule has 3 rings (SSSR count). The molecule has 1 fully saturated rings. The molecule has 0 saturated heterocycles. The van der Waals surface area contributed by atoms with E-state index in [4.69, 9.17) is 0 Å². The van der Waals surface area contributed by atoms with Crippen LogP contribution in [0.2, 0.25) is 0 Å². The summed E-state index contributed by atoms with van der Waals surface area (Å²) < 4.78 is 1.75. The van der Waals surface area contributed by atoms with Gasteiger partial charge in [-0.2, -0.15) is 4.98 Å². The molecule has 0 radical (unpaired) electrons. The number of hydrogen-bond acceptors (Lipinski definition) is 5. The van der Waals surface area contributed by atoms with E-state index >= 15 is 0 Å². The average Bonchev–Trinajstić information content (AvgIpc) is 3.00. The van der Waals surface area contributed by atoms with Crippen molar-refractivity contribution in [3.8, 4) is 0 Å². The molecule has 0 spiro atoms. The Balaban J connectivity index is 1.55. The molecule has 2 aromatic rings. The van der Waals surface area contributed by atoms with Crippen LogP contribution in [0.1, 0.15) is 49.1 Å². The van der Waals surface area contributed by atoms with Gasteiger partial charge in [0.05, 0.1) is 5.75 Å². The largest absolute Gasteiger partial charge is 0.355 e. The Labute approximate surface area is 146 Å². The highest BCUT2D eigenvalue weighted by Gasteiger charge is 2.15. The topological polar surface area (TPSA) is 72.2 Å². The van der Waals surface area contributed by atoms with Gasteiger partial charge in [0.25, 0.3) is 5.78 Å². The lowest BCUT2D eigenvalue weighted by Gasteiger charge is -2.21. The first-order valence-electron chi connectivity index (χ1n) is 8.64. The van der Waals surface area contributed by atoms with E-state index in [0.29, 0.717) is 22.6 Å². The minimum absolute atomic E-state index is 0.0569. The Morgan fingerprint density at radius 2 is 1.96 bits per heavy atom. The average molecular weight is 347 g/mol. The Morgan fingerprint density at radius 3 is 2.71 bits per heavy atom. The van der Waals surface area contributed by atoms with Crippen molar-refractivity contribution in [1.29, 1.82) is 0 Å². The van der Waals surface area contributed by atoms with Crippen molar-refractivity contribution in [2.45, 2.75) is 58.0 Å². The lowest BCUT2D eigenvalue weighted by atomic mass is 9.89. The van der Waals surface area contributed by atoms with Crippen LogP contribution in [0.4, 0.5) is 0 Å². The molecule has 0 atom stereocenters. The minimum atomic E-state index is 0.0569. The van der Waals surface area contributed by atoms with Crippen LogP contribution in [0.25, 0.3) is 5.78 Å². The van der Waals surface area contributed by atoms with Gasteiger partial charge in [-0.25, -0.2) is 9.50 Å². The second-order valence-corrected chi connectivity index (χ2v) is 7.55. The highest BCUT2D eigenvalue weighted by molar-refractivity contribution is 7.99. The second-order valence-electron chi connectivity index (χ2n) is 6.61. The first-order chi connectivity index (χ1) is 11.5. The van der Waals surface area contributed by atoms with Crippen LogP contribution in [-0.4, -0.2) is 37.8 Å². The van der Waals surface area contributed by atoms with E-state index in [1.54, 1.807) is 4.52 Å². The van der Waals surface area contributed by atoms with E-state index in [0.717, 1.165) is 23.5 Å². The summed E-state index contributed by atoms with van der Waals surface area (Å²) in [6.07, 6.45) is 6.42. The SMILES string of the molecule is Cc1nc2nc(SCC(=O)NCC3CCCCC3)nn2c(C)c1C. The Kier molecular flexibility index (Phi) is 5.38. The molecule has 0 aromatic carbocycles. The van der Waals surface area contributed by atoms with Crippen LogP contribution in [-0.2, 0) is 4.79 Å². The van der Waals surface area contributed by atoms with E-state index in [1.807, 2.05) is 20.8 Å². The standard InChI is InChI=1S/C17H25N5OS/c1-11-12(2)19-16-20-17(21-22(16)13(11)3)24-10-15(23)18-9-14-7-5-4-6-8-14/h14H,4-10H2,1-3H3,(H,18,23). The predicted molar refractivity (Wildman–Crippen MR) is 95.3 cm³/mol. The number of carbonyl (C=O) groups excluding carboxylic acids is 1. The molecule has 24 heavy (non-hydrogen) atoms. The maximum absolute atomic E-state index is 12.0. The Morgan fingerprint density at radius 1 is 1.21 bits per heavy atom. The minimum Gasteiger partial charge on any atom is -0.355 e. The van der Waals surface area contributed by atoms with Crippen molar-refractivity contribution in [3.05, 3.63) is 17.0 Å². The molecule has 1 aliphatic carbocycles. The quantitative estimate of drug-likeness (QED) is 0.842. The summed E-state index contributed by atoms with van der Waals surface area (Å²) in [5.41, 5.74) is 3.13. The highest BCUT2D eigenvalue weighted by Crippen LogP contribution is 2.23. The molecular formula is C17H25N5OS. The van der Waals surface area contributed by atoms with Gasteiger partial charge in [0.1, 0.15) is 0 Å². The van der Waals surface area contributed by atoms with E-state index in [9.17, 15) is 4.79 Å². The first-order valence-corrected chi connectivity index (χ1v) is 9.63. The number of rotatable bonds is 5. The summed E-state index contributed by atoms with van der Waals surface area (Å²) in [5, 5.41) is 8.11. The Hall–Kier alpha value is -1.63. The van der Waals surface area contributed by atoms with Gasteiger partial charge < -0.3 is 5.32 Å². The molecule has 0 aliphatic heterocycles. The molecule has 6 nitrogen and oxygen atoms in total. The fourth-order valence-electron chi connectivity index (χ4n) is 3.13. The summed E-state index contributed by atoms with van der Waals surface area (Å²) in [4.78, 5) is 20.9. The monoisotopic (exact) mass is 347 g/mol. The van der Waals surface area contributed by atoms with Crippen LogP contribution >= 0.6 is 11.8 Å². The van der Waals surface area contributed by atoms with Crippen LogP contribution < -0.4 is 5.32 Å².